The minimum Gasteiger partial charge on any atom is -0.482 e. The Morgan fingerprint density at radius 1 is 1.24 bits per heavy atom. The normalized spacial score (nSPS) is 18.8. The van der Waals surface area contributed by atoms with Crippen LogP contribution in [0.2, 0.25) is 0 Å². The van der Waals surface area contributed by atoms with Gasteiger partial charge in [0.2, 0.25) is 0 Å². The van der Waals surface area contributed by atoms with Crippen LogP contribution in [0, 0.1) is 18.8 Å². The van der Waals surface area contributed by atoms with E-state index in [1.54, 1.807) is 11.8 Å². The second-order valence-corrected chi connectivity index (χ2v) is 9.49. The largest absolute Gasteiger partial charge is 0.482 e. The van der Waals surface area contributed by atoms with Gasteiger partial charge in [0.25, 0.3) is 5.91 Å². The molecule has 10 nitrogen and oxygen atoms in total. The van der Waals surface area contributed by atoms with E-state index in [0.717, 1.165) is 58.5 Å². The van der Waals surface area contributed by atoms with Gasteiger partial charge in [0.15, 0.2) is 5.75 Å². The van der Waals surface area contributed by atoms with Gasteiger partial charge in [0.05, 0.1) is 48.1 Å². The number of hydrogen-bond acceptors (Lipinski definition) is 8. The van der Waals surface area contributed by atoms with E-state index < -0.39 is 0 Å². The summed E-state index contributed by atoms with van der Waals surface area (Å²) in [5.74, 6) is 6.62. The molecule has 1 unspecified atom stereocenters. The number of likely N-dealkylation sites (tertiary alicyclic amines) is 1. The number of aryl methyl sites for hydroxylation is 1. The Bertz CT molecular complexity index is 1410. The average molecular weight is 500 g/mol. The first-order chi connectivity index (χ1) is 18.0. The first-order valence-electron chi connectivity index (χ1n) is 12.5. The fourth-order valence-corrected chi connectivity index (χ4v) is 5.10. The second-order valence-electron chi connectivity index (χ2n) is 9.49. The average Bonchev–Trinajstić information content (AvgIpc) is 3.29. The Kier molecular flexibility index (Phi) is 5.93. The van der Waals surface area contributed by atoms with Gasteiger partial charge in [-0.25, -0.2) is 9.97 Å². The summed E-state index contributed by atoms with van der Waals surface area (Å²) in [5.41, 5.74) is 5.46. The molecule has 1 amide bonds. The number of morpholine rings is 1. The van der Waals surface area contributed by atoms with Gasteiger partial charge in [-0.05, 0) is 38.8 Å². The minimum atomic E-state index is -0.203. The van der Waals surface area contributed by atoms with Crippen LogP contribution in [0.5, 0.6) is 5.75 Å². The highest BCUT2D eigenvalue weighted by atomic mass is 16.5. The van der Waals surface area contributed by atoms with Crippen LogP contribution in [0.15, 0.2) is 30.7 Å². The lowest BCUT2D eigenvalue weighted by Gasteiger charge is -2.37. The molecule has 3 aromatic heterocycles. The SMILES string of the molecule is CC#CC(=O)N1CC(n2cc(-c3cc4c(c(C)n3)OC(C)c3c(N5CCOCC5)ccnc3N4)cn2)C1. The van der Waals surface area contributed by atoms with Gasteiger partial charge in [-0.3, -0.25) is 9.48 Å². The summed E-state index contributed by atoms with van der Waals surface area (Å²) in [7, 11) is 0. The summed E-state index contributed by atoms with van der Waals surface area (Å²) in [5, 5.41) is 8.08. The van der Waals surface area contributed by atoms with Crippen molar-refractivity contribution in [2.24, 2.45) is 0 Å². The van der Waals surface area contributed by atoms with E-state index in [1.807, 2.05) is 36.3 Å². The zero-order valence-electron chi connectivity index (χ0n) is 21.2. The first kappa shape index (κ1) is 23.3. The Morgan fingerprint density at radius 2 is 2.05 bits per heavy atom. The number of fused-ring (bicyclic) bond motifs is 2. The van der Waals surface area contributed by atoms with E-state index >= 15 is 0 Å². The molecule has 0 spiro atoms. The number of amides is 1. The van der Waals surface area contributed by atoms with Crippen molar-refractivity contribution in [3.8, 4) is 28.8 Å². The number of carbonyl (C=O) groups is 1. The number of anilines is 3. The lowest BCUT2D eigenvalue weighted by Crippen LogP contribution is -2.50. The zero-order valence-corrected chi connectivity index (χ0v) is 21.2. The van der Waals surface area contributed by atoms with Gasteiger partial charge in [0.1, 0.15) is 11.9 Å². The Labute approximate surface area is 215 Å². The van der Waals surface area contributed by atoms with Gasteiger partial charge in [0, 0.05) is 49.8 Å². The molecule has 6 rings (SSSR count). The maximum Gasteiger partial charge on any atom is 0.298 e. The van der Waals surface area contributed by atoms with Crippen LogP contribution in [0.1, 0.15) is 37.3 Å². The molecule has 37 heavy (non-hydrogen) atoms. The third kappa shape index (κ3) is 4.25. The number of hydrogen-bond donors (Lipinski definition) is 1. The number of pyridine rings is 2. The van der Waals surface area contributed by atoms with E-state index in [-0.39, 0.29) is 18.1 Å². The molecule has 0 bridgehead atoms. The highest BCUT2D eigenvalue weighted by Gasteiger charge is 2.32. The standard InChI is InChI=1S/C27H29N7O3/c1-4-5-24(35)33-15-20(16-33)34-14-19(13-29-34)21-12-22-26(17(2)30-21)37-18(3)25-23(6-7-28-27(25)31-22)32-8-10-36-11-9-32/h6-7,12-14,18,20H,8-11,15-16H2,1-3H3,(H,28,31). The number of ether oxygens (including phenoxy) is 2. The molecule has 3 aliphatic rings. The highest BCUT2D eigenvalue weighted by Crippen LogP contribution is 2.44. The van der Waals surface area contributed by atoms with Crippen LogP contribution in [0.25, 0.3) is 11.3 Å². The quantitative estimate of drug-likeness (QED) is 0.549. The van der Waals surface area contributed by atoms with Crippen molar-refractivity contribution < 1.29 is 14.3 Å². The molecule has 1 atom stereocenters. The van der Waals surface area contributed by atoms with Crippen LogP contribution in [0.3, 0.4) is 0 Å². The third-order valence-corrected chi connectivity index (χ3v) is 7.07. The number of nitrogens with one attached hydrogen (secondary N) is 1. The summed E-state index contributed by atoms with van der Waals surface area (Å²) >= 11 is 0. The molecule has 2 saturated heterocycles. The second kappa shape index (κ2) is 9.41. The maximum atomic E-state index is 11.9. The molecular formula is C27H29N7O3. The summed E-state index contributed by atoms with van der Waals surface area (Å²) < 4.78 is 13.9. The molecular weight excluding hydrogens is 470 g/mol. The van der Waals surface area contributed by atoms with Gasteiger partial charge >= 0.3 is 0 Å². The number of nitrogens with zero attached hydrogens (tertiary/aromatic N) is 6. The fourth-order valence-electron chi connectivity index (χ4n) is 5.10. The van der Waals surface area contributed by atoms with Crippen molar-refractivity contribution in [2.75, 3.05) is 49.6 Å². The van der Waals surface area contributed by atoms with Crippen LogP contribution in [-0.2, 0) is 9.53 Å². The number of rotatable bonds is 3. The van der Waals surface area contributed by atoms with E-state index in [4.69, 9.17) is 14.5 Å². The summed E-state index contributed by atoms with van der Waals surface area (Å²) in [4.78, 5) is 25.5. The molecule has 10 heteroatoms. The Balaban J connectivity index is 1.27. The third-order valence-electron chi connectivity index (χ3n) is 7.07. The van der Waals surface area contributed by atoms with Crippen molar-refractivity contribution in [2.45, 2.75) is 32.9 Å². The van der Waals surface area contributed by atoms with Crippen LogP contribution in [0.4, 0.5) is 17.2 Å². The minimum absolute atomic E-state index is 0.135. The van der Waals surface area contributed by atoms with Gasteiger partial charge in [-0.1, -0.05) is 5.92 Å². The molecule has 0 aromatic carbocycles. The Morgan fingerprint density at radius 3 is 2.84 bits per heavy atom. The molecule has 190 valence electrons. The molecule has 3 aromatic rings. The van der Waals surface area contributed by atoms with Crippen LogP contribution >= 0.6 is 0 Å². The van der Waals surface area contributed by atoms with Gasteiger partial charge < -0.3 is 24.6 Å². The monoisotopic (exact) mass is 499 g/mol. The van der Waals surface area contributed by atoms with E-state index in [2.05, 4.69) is 45.1 Å². The number of aromatic nitrogens is 4. The molecule has 0 radical (unpaired) electrons. The van der Waals surface area contributed by atoms with Crippen molar-refractivity contribution in [3.05, 3.63) is 42.0 Å². The molecule has 0 aliphatic carbocycles. The predicted molar refractivity (Wildman–Crippen MR) is 139 cm³/mol. The predicted octanol–water partition coefficient (Wildman–Crippen LogP) is 3.09. The lowest BCUT2D eigenvalue weighted by molar-refractivity contribution is -0.130. The molecule has 6 heterocycles. The summed E-state index contributed by atoms with van der Waals surface area (Å²) in [6, 6.07) is 4.17. The molecule has 3 aliphatic heterocycles. The van der Waals surface area contributed by atoms with Crippen LogP contribution < -0.4 is 15.0 Å². The smallest absolute Gasteiger partial charge is 0.298 e. The zero-order chi connectivity index (χ0) is 25.5. The molecule has 1 N–H and O–H groups in total. The molecule has 0 saturated carbocycles. The summed E-state index contributed by atoms with van der Waals surface area (Å²) in [6.07, 6.45) is 5.43. The van der Waals surface area contributed by atoms with E-state index in [1.165, 1.54) is 0 Å². The van der Waals surface area contributed by atoms with Crippen molar-refractivity contribution >= 4 is 23.1 Å². The number of carbonyl (C=O) groups excluding carboxylic acids is 1. The fraction of sp³-hybridized carbons (Fsp3) is 0.407. The van der Waals surface area contributed by atoms with Gasteiger partial charge in [-0.2, -0.15) is 5.10 Å². The highest BCUT2D eigenvalue weighted by molar-refractivity contribution is 5.94. The topological polar surface area (TPSA) is 97.6 Å². The van der Waals surface area contributed by atoms with Crippen molar-refractivity contribution in [1.82, 2.24) is 24.6 Å². The lowest BCUT2D eigenvalue weighted by atomic mass is 10.1. The summed E-state index contributed by atoms with van der Waals surface area (Å²) in [6.45, 7) is 9.98. The molecule has 2 fully saturated rings. The van der Waals surface area contributed by atoms with E-state index in [0.29, 0.717) is 26.3 Å². The van der Waals surface area contributed by atoms with Crippen molar-refractivity contribution in [3.63, 3.8) is 0 Å². The van der Waals surface area contributed by atoms with Gasteiger partial charge in [-0.15, -0.1) is 0 Å². The first-order valence-corrected chi connectivity index (χ1v) is 12.5. The van der Waals surface area contributed by atoms with E-state index in [9.17, 15) is 4.79 Å². The van der Waals surface area contributed by atoms with Crippen LogP contribution in [-0.4, -0.2) is 69.9 Å². The van der Waals surface area contributed by atoms with Crippen molar-refractivity contribution in [1.29, 1.82) is 0 Å². The maximum absolute atomic E-state index is 11.9. The Hall–Kier alpha value is -4.10.